The second-order valence-corrected chi connectivity index (χ2v) is 7.40. The maximum Gasteiger partial charge on any atom is 0.188 e. The molecule has 0 aliphatic heterocycles. The first kappa shape index (κ1) is 24.9. The molecule has 0 amide bonds. The topological polar surface area (TPSA) is 154 Å². The molecule has 12 heteroatoms. The molecule has 188 valence electrons. The van der Waals surface area contributed by atoms with Gasteiger partial charge in [-0.15, -0.1) is 10.2 Å². The molecular weight excluding hydrogens is 476 g/mol. The number of benzene rings is 2. The van der Waals surface area contributed by atoms with E-state index < -0.39 is 0 Å². The number of nitrogens with two attached hydrogens (primary N) is 1. The highest BCUT2D eigenvalue weighted by Gasteiger charge is 2.23. The minimum absolute atomic E-state index is 0.0707. The molecule has 37 heavy (non-hydrogen) atoms. The number of nitrogen functional groups attached to an aromatic ring is 1. The molecule has 0 aliphatic rings. The Morgan fingerprint density at radius 1 is 1.03 bits per heavy atom. The lowest BCUT2D eigenvalue weighted by molar-refractivity contribution is 0.344. The average molecular weight is 501 g/mol. The van der Waals surface area contributed by atoms with Crippen molar-refractivity contribution < 1.29 is 18.9 Å². The minimum atomic E-state index is 0.0707. The third-order valence-corrected chi connectivity index (χ3v) is 5.27. The zero-order chi connectivity index (χ0) is 26.4. The Kier molecular flexibility index (Phi) is 7.44. The highest BCUT2D eigenvalue weighted by Crippen LogP contribution is 2.39. The molecule has 2 heterocycles. The van der Waals surface area contributed by atoms with Crippen molar-refractivity contribution in [3.8, 4) is 34.6 Å². The Balaban J connectivity index is 1.96. The largest absolute Gasteiger partial charge is 0.497 e. The van der Waals surface area contributed by atoms with E-state index in [-0.39, 0.29) is 28.5 Å². The highest BCUT2D eigenvalue weighted by atomic mass is 16.5. The highest BCUT2D eigenvalue weighted by molar-refractivity contribution is 5.84. The van der Waals surface area contributed by atoms with Crippen LogP contribution in [0.4, 0.5) is 23.0 Å². The molecule has 12 nitrogen and oxygen atoms in total. The molecule has 2 aromatic carbocycles. The molecule has 4 aromatic rings. The third kappa shape index (κ3) is 4.96. The van der Waals surface area contributed by atoms with E-state index in [2.05, 4.69) is 31.4 Å². The van der Waals surface area contributed by atoms with Crippen molar-refractivity contribution >= 4 is 35.1 Å². The lowest BCUT2D eigenvalue weighted by Crippen LogP contribution is -2.02. The Hall–Kier alpha value is -5.18. The average Bonchev–Trinajstić information content (AvgIpc) is 3.25. The van der Waals surface area contributed by atoms with Gasteiger partial charge in [-0.25, -0.2) is 9.50 Å². The quantitative estimate of drug-likeness (QED) is 0.191. The standard InChI is InChI=1S/C25H24N8O4/c1-5-37-14-28-24-18(13-26)22(15-6-11-19(35-3)20(12-15)36-4)33-25(29-24)21(23(27)32-33)31-30-16-7-9-17(34-2)10-8-16/h6-12,14H,5H2,1-4H3,(H2,27,32). The van der Waals surface area contributed by atoms with E-state index in [1.165, 1.54) is 25.1 Å². The number of nitriles is 1. The van der Waals surface area contributed by atoms with Gasteiger partial charge < -0.3 is 24.7 Å². The Labute approximate surface area is 212 Å². The Morgan fingerprint density at radius 2 is 1.78 bits per heavy atom. The van der Waals surface area contributed by atoms with E-state index >= 15 is 0 Å². The molecule has 2 N–H and O–H groups in total. The molecule has 4 rings (SSSR count). The number of anilines is 1. The fraction of sp³-hybridized carbons (Fsp3) is 0.200. The van der Waals surface area contributed by atoms with Crippen LogP contribution >= 0.6 is 0 Å². The van der Waals surface area contributed by atoms with Crippen molar-refractivity contribution in [2.24, 2.45) is 15.2 Å². The number of fused-ring (bicyclic) bond motifs is 1. The van der Waals surface area contributed by atoms with Gasteiger partial charge in [0.25, 0.3) is 0 Å². The van der Waals surface area contributed by atoms with Crippen LogP contribution in [0, 0.1) is 11.3 Å². The van der Waals surface area contributed by atoms with Crippen LogP contribution in [0.15, 0.2) is 57.7 Å². The number of nitrogens with zero attached hydrogens (tertiary/aromatic N) is 7. The van der Waals surface area contributed by atoms with E-state index in [0.717, 1.165) is 0 Å². The number of azo groups is 1. The van der Waals surface area contributed by atoms with Gasteiger partial charge in [0.2, 0.25) is 0 Å². The number of aliphatic imine (C=N–C) groups is 1. The number of hydrogen-bond acceptors (Lipinski definition) is 11. The maximum atomic E-state index is 10.1. The number of methoxy groups -OCH3 is 3. The van der Waals surface area contributed by atoms with Crippen molar-refractivity contribution in [2.45, 2.75) is 6.92 Å². The molecule has 0 bridgehead atoms. The van der Waals surface area contributed by atoms with E-state index in [4.69, 9.17) is 24.7 Å². The molecule has 0 saturated heterocycles. The van der Waals surface area contributed by atoms with Crippen molar-refractivity contribution in [1.29, 1.82) is 5.26 Å². The van der Waals surface area contributed by atoms with Crippen LogP contribution in [0.2, 0.25) is 0 Å². The second-order valence-electron chi connectivity index (χ2n) is 7.40. The first-order valence-corrected chi connectivity index (χ1v) is 11.1. The van der Waals surface area contributed by atoms with E-state index in [9.17, 15) is 5.26 Å². The number of ether oxygens (including phenoxy) is 4. The SMILES string of the molecule is CCOC=Nc1nc2c(N=Nc3ccc(OC)cc3)c(N)nn2c(-c2ccc(OC)c(OC)c2)c1C#N. The third-order valence-electron chi connectivity index (χ3n) is 5.27. The van der Waals surface area contributed by atoms with Gasteiger partial charge >= 0.3 is 0 Å². The van der Waals surface area contributed by atoms with Gasteiger partial charge in [-0.2, -0.15) is 15.4 Å². The van der Waals surface area contributed by atoms with Crippen molar-refractivity contribution in [2.75, 3.05) is 33.7 Å². The maximum absolute atomic E-state index is 10.1. The summed E-state index contributed by atoms with van der Waals surface area (Å²) < 4.78 is 22.7. The van der Waals surface area contributed by atoms with Crippen molar-refractivity contribution in [3.63, 3.8) is 0 Å². The molecule has 0 aliphatic carbocycles. The summed E-state index contributed by atoms with van der Waals surface area (Å²) in [6.07, 6.45) is 1.23. The van der Waals surface area contributed by atoms with Crippen LogP contribution < -0.4 is 19.9 Å². The van der Waals surface area contributed by atoms with E-state index in [0.29, 0.717) is 40.8 Å². The minimum Gasteiger partial charge on any atom is -0.497 e. The van der Waals surface area contributed by atoms with Crippen LogP contribution in [0.25, 0.3) is 16.9 Å². The van der Waals surface area contributed by atoms with Gasteiger partial charge in [0.05, 0.1) is 39.3 Å². The monoisotopic (exact) mass is 500 g/mol. The molecule has 0 spiro atoms. The Bertz CT molecular complexity index is 1520. The number of aromatic nitrogens is 3. The summed E-state index contributed by atoms with van der Waals surface area (Å²) in [5, 5.41) is 23.1. The van der Waals surface area contributed by atoms with Gasteiger partial charge in [-0.1, -0.05) is 0 Å². The van der Waals surface area contributed by atoms with Gasteiger partial charge in [-0.3, -0.25) is 0 Å². The van der Waals surface area contributed by atoms with Crippen molar-refractivity contribution in [3.05, 3.63) is 48.0 Å². The smallest absolute Gasteiger partial charge is 0.188 e. The predicted molar refractivity (Wildman–Crippen MR) is 138 cm³/mol. The first-order valence-electron chi connectivity index (χ1n) is 11.1. The lowest BCUT2D eigenvalue weighted by Gasteiger charge is -2.12. The molecule has 2 aromatic heterocycles. The van der Waals surface area contributed by atoms with Gasteiger partial charge in [0, 0.05) is 5.56 Å². The summed E-state index contributed by atoms with van der Waals surface area (Å²) in [6, 6.07) is 14.4. The first-order chi connectivity index (χ1) is 18.0. The zero-order valence-electron chi connectivity index (χ0n) is 20.7. The fourth-order valence-electron chi connectivity index (χ4n) is 3.50. The summed E-state index contributed by atoms with van der Waals surface area (Å²) in [4.78, 5) is 8.79. The van der Waals surface area contributed by atoms with E-state index in [1.807, 2.05) is 6.92 Å². The summed E-state index contributed by atoms with van der Waals surface area (Å²) in [5.74, 6) is 1.86. The van der Waals surface area contributed by atoms with Gasteiger partial charge in [-0.05, 0) is 49.4 Å². The molecule has 0 unspecified atom stereocenters. The van der Waals surface area contributed by atoms with Crippen LogP contribution in [-0.2, 0) is 4.74 Å². The molecule has 0 saturated carbocycles. The number of rotatable bonds is 9. The lowest BCUT2D eigenvalue weighted by atomic mass is 10.1. The summed E-state index contributed by atoms with van der Waals surface area (Å²) >= 11 is 0. The molecule has 0 atom stereocenters. The summed E-state index contributed by atoms with van der Waals surface area (Å²) in [6.45, 7) is 2.22. The van der Waals surface area contributed by atoms with Gasteiger partial charge in [0.15, 0.2) is 40.9 Å². The Morgan fingerprint density at radius 3 is 2.43 bits per heavy atom. The summed E-state index contributed by atoms with van der Waals surface area (Å²) in [5.41, 5.74) is 8.41. The van der Waals surface area contributed by atoms with Crippen molar-refractivity contribution in [1.82, 2.24) is 14.6 Å². The number of hydrogen-bond donors (Lipinski definition) is 1. The van der Waals surface area contributed by atoms with Crippen LogP contribution in [0.3, 0.4) is 0 Å². The predicted octanol–water partition coefficient (Wildman–Crippen LogP) is 4.99. The summed E-state index contributed by atoms with van der Waals surface area (Å²) in [7, 11) is 4.65. The van der Waals surface area contributed by atoms with Crippen LogP contribution in [-0.4, -0.2) is 48.9 Å². The zero-order valence-corrected chi connectivity index (χ0v) is 20.7. The normalized spacial score (nSPS) is 11.2. The molecule has 0 radical (unpaired) electrons. The van der Waals surface area contributed by atoms with Crippen LogP contribution in [0.1, 0.15) is 12.5 Å². The second kappa shape index (κ2) is 11.0. The molecule has 0 fully saturated rings. The van der Waals surface area contributed by atoms with E-state index in [1.54, 1.807) is 49.6 Å². The van der Waals surface area contributed by atoms with Gasteiger partial charge in [0.1, 0.15) is 17.4 Å². The fourth-order valence-corrected chi connectivity index (χ4v) is 3.50. The molecular formula is C25H24N8O4. The van der Waals surface area contributed by atoms with Crippen LogP contribution in [0.5, 0.6) is 17.2 Å².